The van der Waals surface area contributed by atoms with Gasteiger partial charge in [0.2, 0.25) is 15.7 Å². The largest absolute Gasteiger partial charge is 0.497 e. The fraction of sp³-hybridized carbons (Fsp3) is 0.190. The molecular formula is C21H19NO4S2. The van der Waals surface area contributed by atoms with Crippen LogP contribution >= 0.6 is 11.3 Å². The molecule has 2 aromatic carbocycles. The van der Waals surface area contributed by atoms with Crippen LogP contribution in [0.25, 0.3) is 0 Å². The minimum absolute atomic E-state index is 0.157. The molecule has 0 saturated carbocycles. The number of carbonyl (C=O) groups is 1. The minimum atomic E-state index is -3.72. The fourth-order valence-electron chi connectivity index (χ4n) is 3.42. The second-order valence-electron chi connectivity index (χ2n) is 6.74. The van der Waals surface area contributed by atoms with Crippen LogP contribution in [0.15, 0.2) is 63.7 Å². The summed E-state index contributed by atoms with van der Waals surface area (Å²) in [4.78, 5) is 13.6. The van der Waals surface area contributed by atoms with Gasteiger partial charge in [0, 0.05) is 22.6 Å². The van der Waals surface area contributed by atoms with Crippen molar-refractivity contribution < 1.29 is 17.9 Å². The number of sulfone groups is 1. The molecule has 1 atom stereocenters. The summed E-state index contributed by atoms with van der Waals surface area (Å²) in [5.74, 6) is 0.367. The third-order valence-electron chi connectivity index (χ3n) is 4.86. The molecule has 2 heterocycles. The van der Waals surface area contributed by atoms with E-state index in [1.54, 1.807) is 30.7 Å². The Labute approximate surface area is 167 Å². The van der Waals surface area contributed by atoms with Crippen LogP contribution in [0.5, 0.6) is 5.75 Å². The zero-order valence-electron chi connectivity index (χ0n) is 15.4. The van der Waals surface area contributed by atoms with Crippen LogP contribution in [0, 0.1) is 6.92 Å². The summed E-state index contributed by atoms with van der Waals surface area (Å²) in [6.45, 7) is 1.85. The number of nitrogens with one attached hydrogen (secondary N) is 1. The third-order valence-corrected chi connectivity index (χ3v) is 7.88. The van der Waals surface area contributed by atoms with E-state index < -0.39 is 9.84 Å². The summed E-state index contributed by atoms with van der Waals surface area (Å²) < 4.78 is 31.6. The van der Waals surface area contributed by atoms with Crippen LogP contribution in [0.1, 0.15) is 28.3 Å². The number of methoxy groups -OCH3 is 1. The number of thiophene rings is 1. The Balaban J connectivity index is 1.80. The van der Waals surface area contributed by atoms with Crippen molar-refractivity contribution in [2.45, 2.75) is 29.1 Å². The predicted octanol–water partition coefficient (Wildman–Crippen LogP) is 4.37. The van der Waals surface area contributed by atoms with Crippen molar-refractivity contribution in [2.75, 3.05) is 12.4 Å². The summed E-state index contributed by atoms with van der Waals surface area (Å²) >= 11 is 1.37. The number of fused-ring (bicyclic) bond motifs is 1. The van der Waals surface area contributed by atoms with Gasteiger partial charge >= 0.3 is 0 Å². The normalized spacial score (nSPS) is 16.4. The van der Waals surface area contributed by atoms with Gasteiger partial charge in [-0.2, -0.15) is 0 Å². The van der Waals surface area contributed by atoms with Gasteiger partial charge in [-0.15, -0.1) is 11.3 Å². The molecule has 0 radical (unpaired) electrons. The van der Waals surface area contributed by atoms with Gasteiger partial charge in [-0.05, 0) is 42.3 Å². The highest BCUT2D eigenvalue weighted by atomic mass is 32.2. The highest BCUT2D eigenvalue weighted by molar-refractivity contribution is 7.91. The Morgan fingerprint density at radius 2 is 1.89 bits per heavy atom. The molecule has 1 aromatic heterocycles. The van der Waals surface area contributed by atoms with E-state index >= 15 is 0 Å². The number of anilines is 1. The zero-order chi connectivity index (χ0) is 19.9. The van der Waals surface area contributed by atoms with E-state index in [4.69, 9.17) is 4.74 Å². The Morgan fingerprint density at radius 1 is 1.14 bits per heavy atom. The maximum absolute atomic E-state index is 13.2. The number of ether oxygens (including phenoxy) is 1. The van der Waals surface area contributed by atoms with Gasteiger partial charge in [0.25, 0.3) is 0 Å². The van der Waals surface area contributed by atoms with Crippen molar-refractivity contribution in [3.8, 4) is 5.75 Å². The molecule has 1 amide bonds. The molecule has 0 fully saturated rings. The molecule has 28 heavy (non-hydrogen) atoms. The first kappa shape index (κ1) is 18.7. The van der Waals surface area contributed by atoms with Crippen molar-refractivity contribution in [1.82, 2.24) is 0 Å². The highest BCUT2D eigenvalue weighted by Crippen LogP contribution is 2.46. The maximum Gasteiger partial charge on any atom is 0.225 e. The Bertz CT molecular complexity index is 1150. The molecular weight excluding hydrogens is 394 g/mol. The molecule has 3 aromatic rings. The molecule has 4 rings (SSSR count). The molecule has 1 N–H and O–H groups in total. The van der Waals surface area contributed by atoms with Crippen molar-refractivity contribution in [1.29, 1.82) is 0 Å². The summed E-state index contributed by atoms with van der Waals surface area (Å²) in [6.07, 6.45) is 0.282. The first-order valence-corrected chi connectivity index (χ1v) is 11.1. The van der Waals surface area contributed by atoms with E-state index in [-0.39, 0.29) is 28.0 Å². The SMILES string of the molecule is COc1ccc([C@H]2CC(=O)Nc3c(S(=O)(=O)c4cccc(C)c4)csc32)cc1. The van der Waals surface area contributed by atoms with E-state index in [0.717, 1.165) is 21.8 Å². The van der Waals surface area contributed by atoms with Gasteiger partial charge in [-0.3, -0.25) is 4.79 Å². The molecule has 1 aliphatic heterocycles. The number of rotatable bonds is 4. The maximum atomic E-state index is 13.2. The second-order valence-corrected chi connectivity index (χ2v) is 9.57. The molecule has 0 spiro atoms. The van der Waals surface area contributed by atoms with Gasteiger partial charge in [-0.25, -0.2) is 8.42 Å². The Hall–Kier alpha value is -2.64. The second kappa shape index (κ2) is 7.07. The third kappa shape index (κ3) is 3.21. The predicted molar refractivity (Wildman–Crippen MR) is 109 cm³/mol. The lowest BCUT2D eigenvalue weighted by Gasteiger charge is -2.24. The zero-order valence-corrected chi connectivity index (χ0v) is 17.1. The molecule has 0 aliphatic carbocycles. The van der Waals surface area contributed by atoms with Gasteiger partial charge < -0.3 is 10.1 Å². The van der Waals surface area contributed by atoms with E-state index in [1.807, 2.05) is 37.3 Å². The van der Waals surface area contributed by atoms with Gasteiger partial charge in [0.15, 0.2) is 0 Å². The number of aryl methyl sites for hydroxylation is 1. The van der Waals surface area contributed by atoms with Crippen molar-refractivity contribution >= 4 is 32.8 Å². The molecule has 0 bridgehead atoms. The van der Waals surface area contributed by atoms with Gasteiger partial charge in [-0.1, -0.05) is 24.3 Å². The van der Waals surface area contributed by atoms with Crippen LogP contribution in [0.2, 0.25) is 0 Å². The first-order valence-electron chi connectivity index (χ1n) is 8.77. The Morgan fingerprint density at radius 3 is 2.57 bits per heavy atom. The highest BCUT2D eigenvalue weighted by Gasteiger charge is 2.34. The summed E-state index contributed by atoms with van der Waals surface area (Å²) in [7, 11) is -2.12. The molecule has 1 aliphatic rings. The van der Waals surface area contributed by atoms with E-state index in [1.165, 1.54) is 11.3 Å². The molecule has 0 saturated heterocycles. The quantitative estimate of drug-likeness (QED) is 0.689. The fourth-order valence-corrected chi connectivity index (χ4v) is 6.43. The molecule has 5 nitrogen and oxygen atoms in total. The van der Waals surface area contributed by atoms with E-state index in [0.29, 0.717) is 5.69 Å². The lowest BCUT2D eigenvalue weighted by atomic mass is 9.91. The van der Waals surface area contributed by atoms with Crippen LogP contribution in [0.3, 0.4) is 0 Å². The van der Waals surface area contributed by atoms with Crippen LogP contribution in [0.4, 0.5) is 5.69 Å². The monoisotopic (exact) mass is 413 g/mol. The van der Waals surface area contributed by atoms with Crippen molar-refractivity contribution in [3.63, 3.8) is 0 Å². The number of hydrogen-bond donors (Lipinski definition) is 1. The topological polar surface area (TPSA) is 72.5 Å². The summed E-state index contributed by atoms with van der Waals surface area (Å²) in [6, 6.07) is 14.3. The number of benzene rings is 2. The smallest absolute Gasteiger partial charge is 0.225 e. The summed E-state index contributed by atoms with van der Waals surface area (Å²) in [5, 5.41) is 4.42. The number of hydrogen-bond acceptors (Lipinski definition) is 5. The molecule has 144 valence electrons. The van der Waals surface area contributed by atoms with Crippen LogP contribution in [-0.2, 0) is 14.6 Å². The Kier molecular flexibility index (Phi) is 4.72. The average molecular weight is 414 g/mol. The lowest BCUT2D eigenvalue weighted by Crippen LogP contribution is -2.23. The van der Waals surface area contributed by atoms with Crippen LogP contribution in [-0.4, -0.2) is 21.4 Å². The standard InChI is InChI=1S/C21H19NO4S2/c1-13-4-3-5-16(10-13)28(24,25)18-12-27-21-17(11-19(23)22-20(18)21)14-6-8-15(26-2)9-7-14/h3-10,12,17H,11H2,1-2H3,(H,22,23)/t17-/m1/s1. The summed E-state index contributed by atoms with van der Waals surface area (Å²) in [5.41, 5.74) is 2.23. The molecule has 0 unspecified atom stereocenters. The van der Waals surface area contributed by atoms with Crippen molar-refractivity contribution in [2.24, 2.45) is 0 Å². The number of carbonyl (C=O) groups excluding carboxylic acids is 1. The first-order chi connectivity index (χ1) is 13.4. The lowest BCUT2D eigenvalue weighted by molar-refractivity contribution is -0.116. The van der Waals surface area contributed by atoms with E-state index in [2.05, 4.69) is 5.32 Å². The van der Waals surface area contributed by atoms with Gasteiger partial charge in [0.1, 0.15) is 10.6 Å². The molecule has 7 heteroatoms. The van der Waals surface area contributed by atoms with Crippen molar-refractivity contribution in [3.05, 3.63) is 69.9 Å². The van der Waals surface area contributed by atoms with Gasteiger partial charge in [0.05, 0.1) is 17.7 Å². The average Bonchev–Trinajstić information content (AvgIpc) is 3.12. The number of amides is 1. The van der Waals surface area contributed by atoms with Crippen LogP contribution < -0.4 is 10.1 Å². The van der Waals surface area contributed by atoms with E-state index in [9.17, 15) is 13.2 Å². The minimum Gasteiger partial charge on any atom is -0.497 e.